The van der Waals surface area contributed by atoms with Gasteiger partial charge >= 0.3 is 0 Å². The Morgan fingerprint density at radius 1 is 0.857 bits per heavy atom. The van der Waals surface area contributed by atoms with E-state index in [1.165, 1.54) is 63.6 Å². The van der Waals surface area contributed by atoms with Gasteiger partial charge in [-0.15, -0.1) is 0 Å². The van der Waals surface area contributed by atoms with Crippen LogP contribution in [0.3, 0.4) is 0 Å². The number of carbonyl (C=O) groups is 2. The molecule has 0 amide bonds. The zero-order valence-corrected chi connectivity index (χ0v) is 24.6. The van der Waals surface area contributed by atoms with Crippen molar-refractivity contribution in [3.8, 4) is 0 Å². The highest BCUT2D eigenvalue weighted by Crippen LogP contribution is 2.20. The number of rotatable bonds is 11. The second kappa shape index (κ2) is 21.7. The van der Waals surface area contributed by atoms with Crippen molar-refractivity contribution in [1.29, 1.82) is 0 Å². The number of ketones is 2. The topological polar surface area (TPSA) is 49.9 Å². The molecule has 0 saturated carbocycles. The second-order valence-corrected chi connectivity index (χ2v) is 11.0. The lowest BCUT2D eigenvalue weighted by Crippen LogP contribution is -2.14. The molecule has 0 N–H and O–H groups in total. The molecule has 0 aliphatic carbocycles. The zero-order valence-electron chi connectivity index (χ0n) is 23.0. The number of nitrogens with zero attached hydrogens (tertiary/aromatic N) is 2. The summed E-state index contributed by atoms with van der Waals surface area (Å²) in [7, 11) is 0. The number of ether oxygens (including phenoxy) is 1. The van der Waals surface area contributed by atoms with E-state index < -0.39 is 0 Å². The Labute approximate surface area is 223 Å². The fraction of sp³-hybridized carbons (Fsp3) is 0.643. The van der Waals surface area contributed by atoms with E-state index in [9.17, 15) is 9.59 Å². The van der Waals surface area contributed by atoms with Crippen LogP contribution in [0, 0.1) is 0 Å². The van der Waals surface area contributed by atoms with Crippen LogP contribution >= 0.6 is 23.5 Å². The molecule has 200 valence electrons. The lowest BCUT2D eigenvalue weighted by atomic mass is 10.2. The molecule has 2 unspecified atom stereocenters. The van der Waals surface area contributed by atoms with Gasteiger partial charge in [0, 0.05) is 49.0 Å². The zero-order chi connectivity index (χ0) is 26.5. The Morgan fingerprint density at radius 3 is 1.86 bits per heavy atom. The van der Waals surface area contributed by atoms with Gasteiger partial charge in [0.1, 0.15) is 0 Å². The van der Waals surface area contributed by atoms with Crippen LogP contribution < -0.4 is 0 Å². The largest absolute Gasteiger partial charge is 0.501 e. The highest BCUT2D eigenvalue weighted by atomic mass is 32.2. The molecule has 0 aromatic rings. The van der Waals surface area contributed by atoms with Gasteiger partial charge in [-0.1, -0.05) is 12.2 Å². The van der Waals surface area contributed by atoms with Crippen LogP contribution in [0.25, 0.3) is 0 Å². The van der Waals surface area contributed by atoms with Crippen molar-refractivity contribution in [3.63, 3.8) is 0 Å². The van der Waals surface area contributed by atoms with E-state index in [0.29, 0.717) is 17.1 Å². The van der Waals surface area contributed by atoms with Gasteiger partial charge in [-0.25, -0.2) is 0 Å². The summed E-state index contributed by atoms with van der Waals surface area (Å²) in [6, 6.07) is 0. The minimum Gasteiger partial charge on any atom is -0.501 e. The van der Waals surface area contributed by atoms with Crippen LogP contribution in [0.2, 0.25) is 0 Å². The summed E-state index contributed by atoms with van der Waals surface area (Å²) in [5.41, 5.74) is 1.24. The summed E-state index contributed by atoms with van der Waals surface area (Å²) in [6.45, 7) is 14.8. The average molecular weight is 525 g/mol. The van der Waals surface area contributed by atoms with Gasteiger partial charge in [0.15, 0.2) is 11.6 Å². The van der Waals surface area contributed by atoms with Crippen molar-refractivity contribution in [1.82, 2.24) is 9.80 Å². The number of thioether (sulfide) groups is 2. The van der Waals surface area contributed by atoms with Crippen molar-refractivity contribution in [2.24, 2.45) is 0 Å². The summed E-state index contributed by atoms with van der Waals surface area (Å²) in [6.07, 6.45) is 22.8. The molecule has 2 atom stereocenters. The highest BCUT2D eigenvalue weighted by Gasteiger charge is 2.11. The highest BCUT2D eigenvalue weighted by molar-refractivity contribution is 7.99. The van der Waals surface area contributed by atoms with Crippen molar-refractivity contribution >= 4 is 35.1 Å². The minimum atomic E-state index is 0.0125. The van der Waals surface area contributed by atoms with E-state index in [4.69, 9.17) is 4.74 Å². The molecule has 0 spiro atoms. The molecule has 7 heteroatoms. The normalized spacial score (nSPS) is 17.9. The first-order chi connectivity index (χ1) is 16.7. The van der Waals surface area contributed by atoms with Crippen LogP contribution in [0.1, 0.15) is 60.3 Å². The van der Waals surface area contributed by atoms with Gasteiger partial charge in [-0.3, -0.25) is 9.59 Å². The van der Waals surface area contributed by atoms with Crippen molar-refractivity contribution in [2.45, 2.75) is 70.8 Å². The third-order valence-corrected chi connectivity index (χ3v) is 7.33. The van der Waals surface area contributed by atoms with Gasteiger partial charge in [0.25, 0.3) is 0 Å². The number of hydrogen-bond donors (Lipinski definition) is 0. The van der Waals surface area contributed by atoms with Gasteiger partial charge in [-0.05, 0) is 90.7 Å². The molecule has 2 fully saturated rings. The molecular weight excluding hydrogens is 476 g/mol. The maximum absolute atomic E-state index is 11.0. The fourth-order valence-electron chi connectivity index (χ4n) is 3.17. The van der Waals surface area contributed by atoms with Crippen LogP contribution in [0.5, 0.6) is 0 Å². The molecule has 2 rings (SSSR count). The Hall–Kier alpha value is -1.60. The summed E-state index contributed by atoms with van der Waals surface area (Å²) in [5.74, 6) is 0.124. The lowest BCUT2D eigenvalue weighted by Gasteiger charge is -2.16. The number of likely N-dealkylation sites (tertiary alicyclic amines) is 2. The van der Waals surface area contributed by atoms with Crippen molar-refractivity contribution in [2.75, 3.05) is 45.3 Å². The third kappa shape index (κ3) is 19.3. The summed E-state index contributed by atoms with van der Waals surface area (Å²) in [5, 5.41) is 1.10. The lowest BCUT2D eigenvalue weighted by molar-refractivity contribution is -0.113. The van der Waals surface area contributed by atoms with Crippen LogP contribution in [-0.4, -0.2) is 77.2 Å². The molecule has 0 radical (unpaired) electrons. The predicted octanol–water partition coefficient (Wildman–Crippen LogP) is 6.34. The first kappa shape index (κ1) is 33.4. The van der Waals surface area contributed by atoms with E-state index in [1.807, 2.05) is 36.5 Å². The number of carbonyl (C=O) groups excluding carboxylic acids is 2. The minimum absolute atomic E-state index is 0.0125. The maximum Gasteiger partial charge on any atom is 0.155 e. The molecule has 2 aliphatic rings. The maximum atomic E-state index is 11.0. The molecule has 2 saturated heterocycles. The summed E-state index contributed by atoms with van der Waals surface area (Å²) < 4.78 is 4.74. The van der Waals surface area contributed by atoms with Crippen LogP contribution in [0.15, 0.2) is 48.5 Å². The monoisotopic (exact) mass is 524 g/mol. The van der Waals surface area contributed by atoms with E-state index >= 15 is 0 Å². The molecule has 0 bridgehead atoms. The van der Waals surface area contributed by atoms with Crippen molar-refractivity contribution in [3.05, 3.63) is 48.5 Å². The van der Waals surface area contributed by atoms with Gasteiger partial charge < -0.3 is 14.5 Å². The first-order valence-corrected chi connectivity index (χ1v) is 15.2. The number of hydrogen-bond acceptors (Lipinski definition) is 7. The Balaban J connectivity index is 0.000000530. The molecular formula is C28H48N2O3S2. The van der Waals surface area contributed by atoms with Crippen molar-refractivity contribution < 1.29 is 14.3 Å². The van der Waals surface area contributed by atoms with E-state index in [-0.39, 0.29) is 11.6 Å². The average Bonchev–Trinajstić information content (AvgIpc) is 3.54. The summed E-state index contributed by atoms with van der Waals surface area (Å²) in [4.78, 5) is 25.9. The van der Waals surface area contributed by atoms with Gasteiger partial charge in [-0.2, -0.15) is 23.5 Å². The molecule has 2 heterocycles. The smallest absolute Gasteiger partial charge is 0.155 e. The van der Waals surface area contributed by atoms with Crippen LogP contribution in [0.4, 0.5) is 0 Å². The van der Waals surface area contributed by atoms with Gasteiger partial charge in [0.2, 0.25) is 0 Å². The molecule has 0 aromatic heterocycles. The molecule has 0 aromatic carbocycles. The first-order valence-electron chi connectivity index (χ1n) is 12.6. The fourth-order valence-corrected chi connectivity index (χ4v) is 3.81. The molecule has 2 aliphatic heterocycles. The Morgan fingerprint density at radius 2 is 1.40 bits per heavy atom. The third-order valence-electron chi connectivity index (χ3n) is 5.45. The molecule has 35 heavy (non-hydrogen) atoms. The quantitative estimate of drug-likeness (QED) is 0.178. The molecule has 5 nitrogen and oxygen atoms in total. The summed E-state index contributed by atoms with van der Waals surface area (Å²) >= 11 is 3.71. The van der Waals surface area contributed by atoms with E-state index in [1.54, 1.807) is 13.0 Å². The van der Waals surface area contributed by atoms with E-state index in [0.717, 1.165) is 13.1 Å². The SMILES string of the molecule is CCOC=CC(C)=O.CSC(C)C(C=CC(C)=O)=CN1CCCC1.CSC(C)C=CN1CCCC1. The second-order valence-electron chi connectivity index (χ2n) is 8.59. The Kier molecular flexibility index (Phi) is 20.7. The Bertz CT molecular complexity index is 692. The van der Waals surface area contributed by atoms with E-state index in [2.05, 4.69) is 54.6 Å². The van der Waals surface area contributed by atoms with Gasteiger partial charge in [0.05, 0.1) is 12.9 Å². The standard InChI is InChI=1S/C13H21NOS.C9H17NS.C6H10O2/c1-11(15)6-7-13(12(2)16-3)10-14-8-4-5-9-14;1-9(11-2)5-8-10-6-3-4-7-10;1-3-8-5-4-6(2)7/h6-7,10,12H,4-5,8-9H2,1-3H3;5,8-9H,3-4,6-7H2,1-2H3;4-5H,3H2,1-2H3. The number of allylic oxidation sites excluding steroid dienone is 3. The van der Waals surface area contributed by atoms with Crippen LogP contribution in [-0.2, 0) is 14.3 Å². The predicted molar refractivity (Wildman–Crippen MR) is 156 cm³/mol.